The van der Waals surface area contributed by atoms with Crippen molar-refractivity contribution in [1.82, 2.24) is 9.62 Å². The first kappa shape index (κ1) is 20.1. The lowest BCUT2D eigenvalue weighted by atomic mass is 9.95. The lowest BCUT2D eigenvalue weighted by molar-refractivity contribution is 0.0924. The molecule has 0 unspecified atom stereocenters. The Labute approximate surface area is 162 Å². The number of nitrogens with one attached hydrogen (secondary N) is 1. The Morgan fingerprint density at radius 2 is 1.78 bits per heavy atom. The van der Waals surface area contributed by atoms with Crippen LogP contribution in [0.1, 0.15) is 62.2 Å². The molecular weight excluding hydrogens is 364 g/mol. The van der Waals surface area contributed by atoms with E-state index in [9.17, 15) is 13.2 Å². The molecule has 0 spiro atoms. The van der Waals surface area contributed by atoms with Crippen LogP contribution in [-0.2, 0) is 10.0 Å². The third-order valence-electron chi connectivity index (χ3n) is 5.74. The van der Waals surface area contributed by atoms with E-state index < -0.39 is 10.0 Å². The molecule has 2 aliphatic rings. The van der Waals surface area contributed by atoms with Crippen molar-refractivity contribution in [2.75, 3.05) is 20.2 Å². The number of piperidine rings is 1. The fourth-order valence-corrected chi connectivity index (χ4v) is 5.41. The molecule has 0 atom stereocenters. The number of rotatable bonds is 5. The third kappa shape index (κ3) is 4.63. The van der Waals surface area contributed by atoms with Crippen LogP contribution in [-0.4, -0.2) is 44.9 Å². The minimum atomic E-state index is -3.60. The van der Waals surface area contributed by atoms with Crippen molar-refractivity contribution in [3.8, 4) is 5.75 Å². The van der Waals surface area contributed by atoms with Gasteiger partial charge in [-0.15, -0.1) is 0 Å². The predicted octanol–water partition coefficient (Wildman–Crippen LogP) is 3.18. The SMILES string of the molecule is COc1ccc(S(=O)(=O)N2CCC(C)CC2)cc1C(=O)NC1CCCCC1. The lowest BCUT2D eigenvalue weighted by Gasteiger charge is -2.29. The van der Waals surface area contributed by atoms with Crippen LogP contribution in [0.3, 0.4) is 0 Å². The summed E-state index contributed by atoms with van der Waals surface area (Å²) in [7, 11) is -2.11. The molecule has 150 valence electrons. The highest BCUT2D eigenvalue weighted by Crippen LogP contribution is 2.28. The van der Waals surface area contributed by atoms with Crippen LogP contribution in [0.15, 0.2) is 23.1 Å². The zero-order valence-corrected chi connectivity index (χ0v) is 17.1. The number of amides is 1. The van der Waals surface area contributed by atoms with Crippen molar-refractivity contribution in [2.45, 2.75) is 62.8 Å². The molecule has 1 heterocycles. The molecule has 1 aromatic carbocycles. The van der Waals surface area contributed by atoms with Crippen molar-refractivity contribution in [3.05, 3.63) is 23.8 Å². The molecule has 6 nitrogen and oxygen atoms in total. The highest BCUT2D eigenvalue weighted by molar-refractivity contribution is 7.89. The van der Waals surface area contributed by atoms with Crippen LogP contribution in [0, 0.1) is 5.92 Å². The zero-order chi connectivity index (χ0) is 19.4. The molecule has 1 aromatic rings. The highest BCUT2D eigenvalue weighted by atomic mass is 32.2. The Morgan fingerprint density at radius 3 is 2.41 bits per heavy atom. The van der Waals surface area contributed by atoms with Gasteiger partial charge in [-0.05, 0) is 49.8 Å². The van der Waals surface area contributed by atoms with Crippen molar-refractivity contribution < 1.29 is 17.9 Å². The molecule has 27 heavy (non-hydrogen) atoms. The number of sulfonamides is 1. The normalized spacial score (nSPS) is 20.4. The third-order valence-corrected chi connectivity index (χ3v) is 7.63. The molecule has 0 aromatic heterocycles. The van der Waals surface area contributed by atoms with Crippen LogP contribution < -0.4 is 10.1 Å². The molecule has 0 bridgehead atoms. The Bertz CT molecular complexity index is 764. The summed E-state index contributed by atoms with van der Waals surface area (Å²) < 4.78 is 32.9. The molecule has 1 aliphatic carbocycles. The first-order valence-electron chi connectivity index (χ1n) is 9.91. The first-order valence-corrected chi connectivity index (χ1v) is 11.3. The number of methoxy groups -OCH3 is 1. The molecule has 1 amide bonds. The average molecular weight is 395 g/mol. The van der Waals surface area contributed by atoms with Crippen LogP contribution in [0.5, 0.6) is 5.75 Å². The van der Waals surface area contributed by atoms with Crippen LogP contribution in [0.4, 0.5) is 0 Å². The number of carbonyl (C=O) groups excluding carboxylic acids is 1. The summed E-state index contributed by atoms with van der Waals surface area (Å²) in [6, 6.07) is 4.73. The van der Waals surface area contributed by atoms with E-state index in [1.54, 1.807) is 6.07 Å². The summed E-state index contributed by atoms with van der Waals surface area (Å²) in [5, 5.41) is 3.05. The molecule has 1 N–H and O–H groups in total. The monoisotopic (exact) mass is 394 g/mol. The fourth-order valence-electron chi connectivity index (χ4n) is 3.91. The molecule has 3 rings (SSSR count). The van der Waals surface area contributed by atoms with Crippen LogP contribution in [0.2, 0.25) is 0 Å². The number of ether oxygens (including phenoxy) is 1. The lowest BCUT2D eigenvalue weighted by Crippen LogP contribution is -2.38. The quantitative estimate of drug-likeness (QED) is 0.832. The topological polar surface area (TPSA) is 75.7 Å². The summed E-state index contributed by atoms with van der Waals surface area (Å²) in [5.74, 6) is 0.682. The standard InChI is InChI=1S/C20H30N2O4S/c1-15-10-12-22(13-11-15)27(24,25)17-8-9-19(26-2)18(14-17)20(23)21-16-6-4-3-5-7-16/h8-9,14-16H,3-7,10-13H2,1-2H3,(H,21,23). The van der Waals surface area contributed by atoms with Crippen molar-refractivity contribution in [3.63, 3.8) is 0 Å². The van der Waals surface area contributed by atoms with E-state index in [-0.39, 0.29) is 22.4 Å². The van der Waals surface area contributed by atoms with Gasteiger partial charge in [-0.3, -0.25) is 4.79 Å². The van der Waals surface area contributed by atoms with Crippen molar-refractivity contribution in [2.24, 2.45) is 5.92 Å². The second-order valence-electron chi connectivity index (χ2n) is 7.76. The maximum absolute atomic E-state index is 13.0. The number of hydrogen-bond donors (Lipinski definition) is 1. The molecule has 1 saturated heterocycles. The second kappa shape index (κ2) is 8.61. The minimum absolute atomic E-state index is 0.153. The maximum Gasteiger partial charge on any atom is 0.255 e. The van der Waals surface area contributed by atoms with Crippen LogP contribution >= 0.6 is 0 Å². The van der Waals surface area contributed by atoms with E-state index in [1.807, 2.05) is 0 Å². The maximum atomic E-state index is 13.0. The van der Waals surface area contributed by atoms with Gasteiger partial charge in [0, 0.05) is 19.1 Å². The largest absolute Gasteiger partial charge is 0.496 e. The Hall–Kier alpha value is -1.60. The van der Waals surface area contributed by atoms with Gasteiger partial charge in [-0.2, -0.15) is 4.31 Å². The summed E-state index contributed by atoms with van der Waals surface area (Å²) in [6.07, 6.45) is 7.11. The van der Waals surface area contributed by atoms with E-state index in [2.05, 4.69) is 12.2 Å². The highest BCUT2D eigenvalue weighted by Gasteiger charge is 2.29. The van der Waals surface area contributed by atoms with Crippen molar-refractivity contribution in [1.29, 1.82) is 0 Å². The van der Waals surface area contributed by atoms with Crippen LogP contribution in [0.25, 0.3) is 0 Å². The van der Waals surface area contributed by atoms with Gasteiger partial charge in [0.2, 0.25) is 10.0 Å². The summed E-state index contributed by atoms with van der Waals surface area (Å²) in [5.41, 5.74) is 0.287. The van der Waals surface area contributed by atoms with Gasteiger partial charge in [0.25, 0.3) is 5.91 Å². The van der Waals surface area contributed by atoms with Gasteiger partial charge in [0.05, 0.1) is 17.6 Å². The zero-order valence-electron chi connectivity index (χ0n) is 16.2. The molecule has 2 fully saturated rings. The number of benzene rings is 1. The number of hydrogen-bond acceptors (Lipinski definition) is 4. The van der Waals surface area contributed by atoms with Gasteiger partial charge in [0.1, 0.15) is 5.75 Å². The Morgan fingerprint density at radius 1 is 1.11 bits per heavy atom. The number of carbonyl (C=O) groups is 1. The first-order chi connectivity index (χ1) is 12.9. The molecule has 0 radical (unpaired) electrons. The van der Waals surface area contributed by atoms with Gasteiger partial charge in [-0.25, -0.2) is 8.42 Å². The van der Waals surface area contributed by atoms with E-state index in [4.69, 9.17) is 4.74 Å². The summed E-state index contributed by atoms with van der Waals surface area (Å²) >= 11 is 0. The van der Waals surface area contributed by atoms with Gasteiger partial charge < -0.3 is 10.1 Å². The Balaban J connectivity index is 1.83. The predicted molar refractivity (Wildman–Crippen MR) is 104 cm³/mol. The van der Waals surface area contributed by atoms with Gasteiger partial charge in [0.15, 0.2) is 0 Å². The average Bonchev–Trinajstić information content (AvgIpc) is 2.68. The molecule has 7 heteroatoms. The van der Waals surface area contributed by atoms with E-state index in [0.717, 1.165) is 38.5 Å². The van der Waals surface area contributed by atoms with Gasteiger partial charge >= 0.3 is 0 Å². The molecule has 1 saturated carbocycles. The summed E-state index contributed by atoms with van der Waals surface area (Å²) in [4.78, 5) is 13.0. The van der Waals surface area contributed by atoms with Crippen molar-refractivity contribution >= 4 is 15.9 Å². The Kier molecular flexibility index (Phi) is 6.42. The molecular formula is C20H30N2O4S. The van der Waals surface area contributed by atoms with E-state index >= 15 is 0 Å². The second-order valence-corrected chi connectivity index (χ2v) is 9.70. The van der Waals surface area contributed by atoms with Gasteiger partial charge in [-0.1, -0.05) is 26.2 Å². The van der Waals surface area contributed by atoms with E-state index in [1.165, 1.54) is 30.0 Å². The summed E-state index contributed by atoms with van der Waals surface area (Å²) in [6.45, 7) is 3.20. The smallest absolute Gasteiger partial charge is 0.255 e. The van der Waals surface area contributed by atoms with E-state index in [0.29, 0.717) is 24.8 Å². The minimum Gasteiger partial charge on any atom is -0.496 e. The fraction of sp³-hybridized carbons (Fsp3) is 0.650. The molecule has 1 aliphatic heterocycles. The number of nitrogens with zero attached hydrogens (tertiary/aromatic N) is 1.